The predicted octanol–water partition coefficient (Wildman–Crippen LogP) is 2.78. The van der Waals surface area contributed by atoms with E-state index < -0.39 is 17.6 Å². The second kappa shape index (κ2) is 7.79. The Morgan fingerprint density at radius 2 is 2.10 bits per heavy atom. The molecule has 8 nitrogen and oxygen atoms in total. The molecule has 0 saturated heterocycles. The molecule has 3 aromatic heterocycles. The van der Waals surface area contributed by atoms with Crippen LogP contribution >= 0.6 is 0 Å². The molecule has 1 aromatic carbocycles. The van der Waals surface area contributed by atoms with E-state index in [-0.39, 0.29) is 24.2 Å². The summed E-state index contributed by atoms with van der Waals surface area (Å²) >= 11 is 0. The summed E-state index contributed by atoms with van der Waals surface area (Å²) in [7, 11) is 1.63. The fourth-order valence-corrected chi connectivity index (χ4v) is 3.39. The van der Waals surface area contributed by atoms with Gasteiger partial charge in [-0.2, -0.15) is 10.2 Å². The standard InChI is InChI=1S/C20H20F2N6O2/c1-11(19-14(21)8-16-13(20(19)22)9-24-27(16)3)17-10-23-18-5-4-15(25-28(17)18)12(2)26-30-7-6-29/h4-5,8-11,29H,6-7H2,1-3H3. The number of imidazole rings is 1. The van der Waals surface area contributed by atoms with Crippen LogP contribution in [0.25, 0.3) is 16.6 Å². The number of aliphatic hydroxyl groups excluding tert-OH is 1. The van der Waals surface area contributed by atoms with Crippen molar-refractivity contribution in [2.75, 3.05) is 13.2 Å². The van der Waals surface area contributed by atoms with Crippen LogP contribution in [0, 0.1) is 11.6 Å². The Morgan fingerprint density at radius 3 is 2.87 bits per heavy atom. The third-order valence-corrected chi connectivity index (χ3v) is 5.00. The zero-order valence-corrected chi connectivity index (χ0v) is 16.7. The van der Waals surface area contributed by atoms with Crippen molar-refractivity contribution in [2.24, 2.45) is 12.2 Å². The fraction of sp³-hybridized carbons (Fsp3) is 0.300. The molecule has 0 fully saturated rings. The van der Waals surface area contributed by atoms with Crippen molar-refractivity contribution in [3.05, 3.63) is 59.2 Å². The van der Waals surface area contributed by atoms with E-state index in [9.17, 15) is 4.39 Å². The first-order valence-electron chi connectivity index (χ1n) is 9.34. The van der Waals surface area contributed by atoms with Crippen LogP contribution in [0.1, 0.15) is 36.7 Å². The number of aliphatic hydroxyl groups is 1. The summed E-state index contributed by atoms with van der Waals surface area (Å²) in [5.41, 5.74) is 2.38. The molecule has 0 bridgehead atoms. The number of rotatable bonds is 6. The van der Waals surface area contributed by atoms with E-state index in [1.165, 1.54) is 21.5 Å². The summed E-state index contributed by atoms with van der Waals surface area (Å²) in [6.07, 6.45) is 2.94. The summed E-state index contributed by atoms with van der Waals surface area (Å²) in [5, 5.41) is 21.5. The fourth-order valence-electron chi connectivity index (χ4n) is 3.39. The Hall–Kier alpha value is -3.40. The maximum atomic E-state index is 15.2. The smallest absolute Gasteiger partial charge is 0.153 e. The number of nitrogens with zero attached hydrogens (tertiary/aromatic N) is 6. The lowest BCUT2D eigenvalue weighted by Crippen LogP contribution is -2.11. The highest BCUT2D eigenvalue weighted by Gasteiger charge is 2.25. The van der Waals surface area contributed by atoms with Gasteiger partial charge < -0.3 is 9.94 Å². The minimum absolute atomic E-state index is 0.0684. The molecule has 4 rings (SSSR count). The van der Waals surface area contributed by atoms with Gasteiger partial charge in [0.25, 0.3) is 0 Å². The average molecular weight is 414 g/mol. The minimum Gasteiger partial charge on any atom is -0.393 e. The van der Waals surface area contributed by atoms with E-state index in [4.69, 9.17) is 9.94 Å². The van der Waals surface area contributed by atoms with Crippen LogP contribution in [0.15, 0.2) is 35.7 Å². The molecule has 0 aliphatic rings. The van der Waals surface area contributed by atoms with Crippen molar-refractivity contribution in [2.45, 2.75) is 19.8 Å². The van der Waals surface area contributed by atoms with Gasteiger partial charge in [0.15, 0.2) is 5.65 Å². The number of oxime groups is 1. The third-order valence-electron chi connectivity index (χ3n) is 5.00. The molecule has 1 atom stereocenters. The summed E-state index contributed by atoms with van der Waals surface area (Å²) in [5.74, 6) is -1.96. The highest BCUT2D eigenvalue weighted by Crippen LogP contribution is 2.33. The van der Waals surface area contributed by atoms with Crippen LogP contribution < -0.4 is 0 Å². The minimum atomic E-state index is -0.657. The maximum Gasteiger partial charge on any atom is 0.153 e. The van der Waals surface area contributed by atoms with Gasteiger partial charge >= 0.3 is 0 Å². The SMILES string of the molecule is CC(=NOCCO)c1ccc2ncc(C(C)c3c(F)cc4c(cnn4C)c3F)n2n1. The highest BCUT2D eigenvalue weighted by atomic mass is 19.1. The van der Waals surface area contributed by atoms with Crippen LogP contribution in [0.4, 0.5) is 8.78 Å². The summed E-state index contributed by atoms with van der Waals surface area (Å²) in [4.78, 5) is 9.28. The molecule has 3 heterocycles. The van der Waals surface area contributed by atoms with Crippen LogP contribution in [0.3, 0.4) is 0 Å². The zero-order chi connectivity index (χ0) is 21.4. The second-order valence-electron chi connectivity index (χ2n) is 6.91. The number of benzene rings is 1. The lowest BCUT2D eigenvalue weighted by Gasteiger charge is -2.14. The van der Waals surface area contributed by atoms with Gasteiger partial charge in [-0.25, -0.2) is 18.3 Å². The number of fused-ring (bicyclic) bond motifs is 2. The second-order valence-corrected chi connectivity index (χ2v) is 6.91. The van der Waals surface area contributed by atoms with Crippen LogP contribution in [-0.4, -0.2) is 48.4 Å². The Kier molecular flexibility index (Phi) is 5.17. The van der Waals surface area contributed by atoms with Crippen LogP contribution in [0.2, 0.25) is 0 Å². The Bertz CT molecular complexity index is 1260. The highest BCUT2D eigenvalue weighted by molar-refractivity contribution is 5.96. The Labute approximate surface area is 170 Å². The number of halogens is 2. The molecule has 0 spiro atoms. The molecular formula is C20H20F2N6O2. The molecular weight excluding hydrogens is 394 g/mol. The van der Waals surface area contributed by atoms with Gasteiger partial charge in [0, 0.05) is 24.6 Å². The van der Waals surface area contributed by atoms with E-state index in [0.717, 1.165) is 0 Å². The van der Waals surface area contributed by atoms with Crippen LogP contribution in [-0.2, 0) is 11.9 Å². The molecule has 0 aliphatic carbocycles. The van der Waals surface area contributed by atoms with Gasteiger partial charge in [-0.3, -0.25) is 4.68 Å². The van der Waals surface area contributed by atoms with E-state index >= 15 is 4.39 Å². The molecule has 0 radical (unpaired) electrons. The van der Waals surface area contributed by atoms with Gasteiger partial charge in [-0.05, 0) is 19.1 Å². The van der Waals surface area contributed by atoms with Crippen molar-refractivity contribution in [3.63, 3.8) is 0 Å². The molecule has 0 aliphatic heterocycles. The summed E-state index contributed by atoms with van der Waals surface area (Å²) in [6, 6.07) is 4.75. The number of aryl methyl sites for hydroxylation is 1. The van der Waals surface area contributed by atoms with Gasteiger partial charge in [-0.15, -0.1) is 0 Å². The molecule has 1 unspecified atom stereocenters. The van der Waals surface area contributed by atoms with Gasteiger partial charge in [-0.1, -0.05) is 12.1 Å². The quantitative estimate of drug-likeness (QED) is 0.298. The molecule has 10 heteroatoms. The monoisotopic (exact) mass is 414 g/mol. The van der Waals surface area contributed by atoms with Crippen molar-refractivity contribution in [1.82, 2.24) is 24.4 Å². The van der Waals surface area contributed by atoms with Crippen molar-refractivity contribution >= 4 is 22.3 Å². The zero-order valence-electron chi connectivity index (χ0n) is 16.7. The van der Waals surface area contributed by atoms with E-state index in [2.05, 4.69) is 20.3 Å². The molecule has 0 amide bonds. The van der Waals surface area contributed by atoms with Gasteiger partial charge in [0.1, 0.15) is 29.6 Å². The normalized spacial score (nSPS) is 13.3. The summed E-state index contributed by atoms with van der Waals surface area (Å²) < 4.78 is 33.0. The number of hydrogen-bond acceptors (Lipinski definition) is 6. The molecule has 4 aromatic rings. The lowest BCUT2D eigenvalue weighted by molar-refractivity contribution is 0.0986. The van der Waals surface area contributed by atoms with Crippen molar-refractivity contribution in [1.29, 1.82) is 0 Å². The van der Waals surface area contributed by atoms with E-state index in [1.54, 1.807) is 39.2 Å². The first kappa shape index (κ1) is 19.9. The van der Waals surface area contributed by atoms with Gasteiger partial charge in [0.2, 0.25) is 0 Å². The molecule has 156 valence electrons. The molecule has 0 saturated carbocycles. The lowest BCUT2D eigenvalue weighted by atomic mass is 9.95. The van der Waals surface area contributed by atoms with Crippen LogP contribution in [0.5, 0.6) is 0 Å². The first-order valence-corrected chi connectivity index (χ1v) is 9.34. The summed E-state index contributed by atoms with van der Waals surface area (Å²) in [6.45, 7) is 3.33. The Balaban J connectivity index is 1.79. The number of aromatic nitrogens is 5. The van der Waals surface area contributed by atoms with E-state index in [0.29, 0.717) is 28.3 Å². The average Bonchev–Trinajstić information content (AvgIpc) is 3.31. The molecule has 1 N–H and O–H groups in total. The third kappa shape index (κ3) is 3.28. The maximum absolute atomic E-state index is 15.2. The largest absolute Gasteiger partial charge is 0.393 e. The van der Waals surface area contributed by atoms with Crippen molar-refractivity contribution in [3.8, 4) is 0 Å². The number of hydrogen-bond donors (Lipinski definition) is 1. The van der Waals surface area contributed by atoms with Gasteiger partial charge in [0.05, 0.1) is 35.6 Å². The molecule has 30 heavy (non-hydrogen) atoms. The first-order chi connectivity index (χ1) is 14.4. The van der Waals surface area contributed by atoms with E-state index in [1.807, 2.05) is 0 Å². The Morgan fingerprint density at radius 1 is 1.30 bits per heavy atom. The predicted molar refractivity (Wildman–Crippen MR) is 106 cm³/mol. The topological polar surface area (TPSA) is 89.8 Å². The van der Waals surface area contributed by atoms with Crippen molar-refractivity contribution < 1.29 is 18.7 Å².